The van der Waals surface area contributed by atoms with Gasteiger partial charge in [-0.2, -0.15) is 0 Å². The van der Waals surface area contributed by atoms with E-state index in [4.69, 9.17) is 4.74 Å². The largest absolute Gasteiger partial charge is 0.453 e. The number of fused-ring (bicyclic) bond motifs is 1. The SMILES string of the molecule is O=C(Nc1ccc(Oc2ccnc3[nH]ccc23)c(F)c1)C1CCN(c2ccc(F)cc2)C1=O. The van der Waals surface area contributed by atoms with E-state index < -0.39 is 23.5 Å². The van der Waals surface area contributed by atoms with Gasteiger partial charge in [0.15, 0.2) is 11.6 Å². The van der Waals surface area contributed by atoms with Gasteiger partial charge in [-0.3, -0.25) is 9.59 Å². The Morgan fingerprint density at radius 2 is 1.91 bits per heavy atom. The van der Waals surface area contributed by atoms with Crippen molar-refractivity contribution in [2.24, 2.45) is 5.92 Å². The van der Waals surface area contributed by atoms with Crippen molar-refractivity contribution in [1.82, 2.24) is 9.97 Å². The summed E-state index contributed by atoms with van der Waals surface area (Å²) in [5, 5.41) is 3.30. The van der Waals surface area contributed by atoms with Gasteiger partial charge in [0.2, 0.25) is 11.8 Å². The summed E-state index contributed by atoms with van der Waals surface area (Å²) in [6.07, 6.45) is 3.57. The fourth-order valence-corrected chi connectivity index (χ4v) is 3.83. The molecule has 0 aliphatic carbocycles. The Kier molecular flexibility index (Phi) is 5.21. The van der Waals surface area contributed by atoms with Crippen molar-refractivity contribution in [2.75, 3.05) is 16.8 Å². The van der Waals surface area contributed by atoms with Gasteiger partial charge in [-0.1, -0.05) is 0 Å². The maximum absolute atomic E-state index is 14.7. The molecule has 9 heteroatoms. The Morgan fingerprint density at radius 3 is 2.70 bits per heavy atom. The molecule has 1 aliphatic heterocycles. The van der Waals surface area contributed by atoms with Crippen LogP contribution in [0.3, 0.4) is 0 Å². The molecule has 1 unspecified atom stereocenters. The Morgan fingerprint density at radius 1 is 1.09 bits per heavy atom. The van der Waals surface area contributed by atoms with Crippen LogP contribution in [-0.2, 0) is 9.59 Å². The molecular weight excluding hydrogens is 430 g/mol. The molecule has 2 aromatic heterocycles. The molecule has 1 atom stereocenters. The number of H-pyrrole nitrogens is 1. The molecule has 1 aliphatic rings. The molecule has 0 radical (unpaired) electrons. The second-order valence-corrected chi connectivity index (χ2v) is 7.59. The molecule has 0 saturated carbocycles. The highest BCUT2D eigenvalue weighted by atomic mass is 19.1. The molecule has 0 spiro atoms. The lowest BCUT2D eigenvalue weighted by molar-refractivity contribution is -0.129. The van der Waals surface area contributed by atoms with Crippen LogP contribution in [0.5, 0.6) is 11.5 Å². The molecular formula is C24H18F2N4O3. The number of rotatable bonds is 5. The molecule has 2 amide bonds. The van der Waals surface area contributed by atoms with Gasteiger partial charge in [0.25, 0.3) is 0 Å². The fourth-order valence-electron chi connectivity index (χ4n) is 3.83. The summed E-state index contributed by atoms with van der Waals surface area (Å²) in [6, 6.07) is 13.0. The van der Waals surface area contributed by atoms with Gasteiger partial charge in [-0.25, -0.2) is 13.8 Å². The highest BCUT2D eigenvalue weighted by Crippen LogP contribution is 2.32. The van der Waals surface area contributed by atoms with E-state index in [1.165, 1.54) is 41.3 Å². The number of hydrogen-bond acceptors (Lipinski definition) is 4. The highest BCUT2D eigenvalue weighted by molar-refractivity contribution is 6.13. The quantitative estimate of drug-likeness (QED) is 0.436. The number of amides is 2. The third kappa shape index (κ3) is 4.00. The van der Waals surface area contributed by atoms with E-state index in [1.807, 2.05) is 0 Å². The van der Waals surface area contributed by atoms with Gasteiger partial charge in [0.05, 0.1) is 5.39 Å². The summed E-state index contributed by atoms with van der Waals surface area (Å²) in [5.74, 6) is -2.47. The van der Waals surface area contributed by atoms with Crippen molar-refractivity contribution in [3.05, 3.63) is 78.6 Å². The lowest BCUT2D eigenvalue weighted by atomic mass is 10.1. The molecule has 5 rings (SSSR count). The molecule has 166 valence electrons. The first-order valence-electron chi connectivity index (χ1n) is 10.3. The lowest BCUT2D eigenvalue weighted by Gasteiger charge is -2.17. The van der Waals surface area contributed by atoms with Crippen LogP contribution in [0, 0.1) is 17.6 Å². The van der Waals surface area contributed by atoms with Crippen LogP contribution in [0.2, 0.25) is 0 Å². The average molecular weight is 448 g/mol. The Balaban J connectivity index is 1.27. The average Bonchev–Trinajstić information content (AvgIpc) is 3.43. The number of halogens is 2. The first-order valence-corrected chi connectivity index (χ1v) is 10.3. The molecule has 0 bridgehead atoms. The number of benzene rings is 2. The third-order valence-corrected chi connectivity index (χ3v) is 5.50. The van der Waals surface area contributed by atoms with Crippen LogP contribution in [-0.4, -0.2) is 28.3 Å². The Labute approximate surface area is 187 Å². The number of ether oxygens (including phenoxy) is 1. The van der Waals surface area contributed by atoms with Crippen molar-refractivity contribution in [2.45, 2.75) is 6.42 Å². The van der Waals surface area contributed by atoms with E-state index >= 15 is 0 Å². The maximum atomic E-state index is 14.7. The minimum absolute atomic E-state index is 0.0128. The number of nitrogens with zero attached hydrogens (tertiary/aromatic N) is 2. The van der Waals surface area contributed by atoms with E-state index in [0.717, 1.165) is 6.07 Å². The predicted octanol–water partition coefficient (Wildman–Crippen LogP) is 4.63. The molecule has 7 nitrogen and oxygen atoms in total. The third-order valence-electron chi connectivity index (χ3n) is 5.50. The number of aromatic amines is 1. The lowest BCUT2D eigenvalue weighted by Crippen LogP contribution is -2.33. The molecule has 1 saturated heterocycles. The van der Waals surface area contributed by atoms with Gasteiger partial charge >= 0.3 is 0 Å². The molecule has 1 fully saturated rings. The smallest absolute Gasteiger partial charge is 0.239 e. The second kappa shape index (κ2) is 8.34. The zero-order valence-corrected chi connectivity index (χ0v) is 17.2. The number of carbonyl (C=O) groups excluding carboxylic acids is 2. The first kappa shape index (κ1) is 20.6. The van der Waals surface area contributed by atoms with Crippen LogP contribution in [0.15, 0.2) is 67.0 Å². The number of pyridine rings is 1. The van der Waals surface area contributed by atoms with Crippen LogP contribution < -0.4 is 15.0 Å². The van der Waals surface area contributed by atoms with Crippen LogP contribution >= 0.6 is 0 Å². The molecule has 2 aromatic carbocycles. The number of anilines is 2. The minimum Gasteiger partial charge on any atom is -0.453 e. The monoisotopic (exact) mass is 448 g/mol. The highest BCUT2D eigenvalue weighted by Gasteiger charge is 2.37. The molecule has 2 N–H and O–H groups in total. The fraction of sp³-hybridized carbons (Fsp3) is 0.125. The van der Waals surface area contributed by atoms with Gasteiger partial charge in [-0.05, 0) is 55.0 Å². The van der Waals surface area contributed by atoms with Gasteiger partial charge in [0, 0.05) is 36.4 Å². The van der Waals surface area contributed by atoms with Crippen LogP contribution in [0.25, 0.3) is 11.0 Å². The van der Waals surface area contributed by atoms with Crippen molar-refractivity contribution in [1.29, 1.82) is 0 Å². The Hall–Kier alpha value is -4.27. The van der Waals surface area contributed by atoms with Gasteiger partial charge in [0.1, 0.15) is 23.1 Å². The van der Waals surface area contributed by atoms with E-state index in [-0.39, 0.29) is 17.3 Å². The molecule has 33 heavy (non-hydrogen) atoms. The molecule has 3 heterocycles. The van der Waals surface area contributed by atoms with Crippen LogP contribution in [0.4, 0.5) is 20.2 Å². The summed E-state index contributed by atoms with van der Waals surface area (Å²) < 4.78 is 33.5. The zero-order valence-electron chi connectivity index (χ0n) is 17.2. The number of aromatic nitrogens is 2. The van der Waals surface area contributed by atoms with Crippen molar-refractivity contribution in [3.63, 3.8) is 0 Å². The van der Waals surface area contributed by atoms with E-state index in [0.29, 0.717) is 35.4 Å². The second-order valence-electron chi connectivity index (χ2n) is 7.59. The number of hydrogen-bond donors (Lipinski definition) is 2. The van der Waals surface area contributed by atoms with E-state index in [1.54, 1.807) is 24.5 Å². The molecule has 4 aromatic rings. The summed E-state index contributed by atoms with van der Waals surface area (Å²) >= 11 is 0. The normalized spacial score (nSPS) is 15.8. The number of carbonyl (C=O) groups is 2. The minimum atomic E-state index is -0.910. The predicted molar refractivity (Wildman–Crippen MR) is 118 cm³/mol. The van der Waals surface area contributed by atoms with E-state index in [9.17, 15) is 18.4 Å². The standard InChI is InChI=1S/C24H18F2N4O3/c25-14-1-4-16(5-2-14)30-12-9-18(24(30)32)23(31)29-15-3-6-21(19(26)13-15)33-20-8-11-28-22-17(20)7-10-27-22/h1-8,10-11,13,18H,9,12H2,(H,27,28)(H,29,31). The van der Waals surface area contributed by atoms with Gasteiger partial charge in [-0.15, -0.1) is 0 Å². The van der Waals surface area contributed by atoms with Gasteiger partial charge < -0.3 is 19.9 Å². The topological polar surface area (TPSA) is 87.3 Å². The summed E-state index contributed by atoms with van der Waals surface area (Å²) in [7, 11) is 0. The van der Waals surface area contributed by atoms with Crippen molar-refractivity contribution in [3.8, 4) is 11.5 Å². The van der Waals surface area contributed by atoms with Crippen molar-refractivity contribution >= 4 is 34.2 Å². The maximum Gasteiger partial charge on any atom is 0.239 e. The first-order chi connectivity index (χ1) is 16.0. The van der Waals surface area contributed by atoms with Crippen LogP contribution in [0.1, 0.15) is 6.42 Å². The zero-order chi connectivity index (χ0) is 22.9. The summed E-state index contributed by atoms with van der Waals surface area (Å²) in [5.41, 5.74) is 1.35. The van der Waals surface area contributed by atoms with E-state index in [2.05, 4.69) is 15.3 Å². The summed E-state index contributed by atoms with van der Waals surface area (Å²) in [6.45, 7) is 0.337. The van der Waals surface area contributed by atoms with Crippen molar-refractivity contribution < 1.29 is 23.1 Å². The summed E-state index contributed by atoms with van der Waals surface area (Å²) in [4.78, 5) is 33.9. The Bertz CT molecular complexity index is 1350. The number of nitrogens with one attached hydrogen (secondary N) is 2.